The highest BCUT2D eigenvalue weighted by molar-refractivity contribution is 5.79. The SMILES string of the molecule is C.CC1=NC(C)ON1.Cc1nn[nH]n1. The molecule has 1 aromatic rings. The molecule has 0 fully saturated rings. The monoisotopic (exact) mass is 200 g/mol. The number of H-pyrrole nitrogens is 1. The largest absolute Gasteiger partial charge is 0.251 e. The van der Waals surface area contributed by atoms with Crippen LogP contribution in [0.15, 0.2) is 4.99 Å². The first kappa shape index (κ1) is 12.5. The fraction of sp³-hybridized carbons (Fsp3) is 0.714. The predicted octanol–water partition coefficient (Wildman–Crippen LogP) is 0.430. The van der Waals surface area contributed by atoms with Crippen molar-refractivity contribution in [1.82, 2.24) is 26.1 Å². The summed E-state index contributed by atoms with van der Waals surface area (Å²) in [7, 11) is 0. The van der Waals surface area contributed by atoms with Gasteiger partial charge in [-0.25, -0.2) is 9.83 Å². The number of aromatic nitrogens is 4. The lowest BCUT2D eigenvalue weighted by atomic mass is 10.6. The standard InChI is InChI=1S/C4H8N2O.C2H4N4.CH4/c1-3-5-4(2)7-6-3;1-2-3-5-6-4-2;/h4H,1-2H3,(H,5,6);1H3,(H,3,4,5,6);1H4. The Hall–Kier alpha value is -1.50. The molecule has 0 radical (unpaired) electrons. The number of rotatable bonds is 0. The van der Waals surface area contributed by atoms with Crippen molar-refractivity contribution >= 4 is 5.84 Å². The fourth-order valence-corrected chi connectivity index (χ4v) is 0.708. The van der Waals surface area contributed by atoms with Crippen LogP contribution in [0.25, 0.3) is 0 Å². The molecule has 1 atom stereocenters. The van der Waals surface area contributed by atoms with Crippen molar-refractivity contribution in [2.75, 3.05) is 0 Å². The van der Waals surface area contributed by atoms with Gasteiger partial charge in [0.1, 0.15) is 5.84 Å². The predicted molar refractivity (Wildman–Crippen MR) is 52.4 cm³/mol. The third-order valence-corrected chi connectivity index (χ3v) is 1.20. The maximum Gasteiger partial charge on any atom is 0.174 e. The van der Waals surface area contributed by atoms with Crippen molar-refractivity contribution in [3.05, 3.63) is 5.82 Å². The van der Waals surface area contributed by atoms with Crippen molar-refractivity contribution in [3.63, 3.8) is 0 Å². The summed E-state index contributed by atoms with van der Waals surface area (Å²) in [5.74, 6) is 1.53. The minimum absolute atomic E-state index is 0. The van der Waals surface area contributed by atoms with E-state index in [0.717, 1.165) is 5.84 Å². The number of tetrazole rings is 1. The van der Waals surface area contributed by atoms with Crippen LogP contribution in [0.1, 0.15) is 27.1 Å². The minimum atomic E-state index is -0.000000000000000222. The number of hydroxylamine groups is 1. The van der Waals surface area contributed by atoms with E-state index in [2.05, 4.69) is 31.1 Å². The molecule has 0 bridgehead atoms. The quantitative estimate of drug-likeness (QED) is 0.634. The van der Waals surface area contributed by atoms with E-state index in [0.29, 0.717) is 5.82 Å². The molecule has 7 heteroatoms. The normalized spacial score (nSPS) is 18.5. The van der Waals surface area contributed by atoms with Gasteiger partial charge in [-0.05, 0) is 20.8 Å². The van der Waals surface area contributed by atoms with Gasteiger partial charge in [-0.15, -0.1) is 10.2 Å². The van der Waals surface area contributed by atoms with Gasteiger partial charge in [-0.1, -0.05) is 12.6 Å². The first-order valence-corrected chi connectivity index (χ1v) is 3.84. The van der Waals surface area contributed by atoms with E-state index in [1.165, 1.54) is 0 Å². The summed E-state index contributed by atoms with van der Waals surface area (Å²) in [6, 6.07) is 0. The van der Waals surface area contributed by atoms with Crippen LogP contribution in [-0.4, -0.2) is 32.7 Å². The van der Waals surface area contributed by atoms with Gasteiger partial charge in [0.05, 0.1) is 0 Å². The summed E-state index contributed by atoms with van der Waals surface area (Å²) in [6.45, 7) is 5.51. The molecule has 0 aromatic carbocycles. The van der Waals surface area contributed by atoms with Crippen LogP contribution in [0, 0.1) is 6.92 Å². The molecular weight excluding hydrogens is 184 g/mol. The molecule has 80 valence electrons. The Kier molecular flexibility index (Phi) is 5.38. The van der Waals surface area contributed by atoms with E-state index in [1.807, 2.05) is 13.8 Å². The summed E-state index contributed by atoms with van der Waals surface area (Å²) < 4.78 is 0. The van der Waals surface area contributed by atoms with E-state index in [9.17, 15) is 0 Å². The molecule has 0 aliphatic carbocycles. The van der Waals surface area contributed by atoms with Gasteiger partial charge in [-0.2, -0.15) is 5.21 Å². The highest BCUT2D eigenvalue weighted by atomic mass is 16.7. The molecule has 1 aromatic heterocycles. The summed E-state index contributed by atoms with van der Waals surface area (Å²) in [4.78, 5) is 8.78. The van der Waals surface area contributed by atoms with Crippen molar-refractivity contribution in [2.24, 2.45) is 4.99 Å². The molecular formula is C7H16N6O. The number of hydrogen-bond acceptors (Lipinski definition) is 6. The zero-order valence-electron chi connectivity index (χ0n) is 7.77. The van der Waals surface area contributed by atoms with Gasteiger partial charge in [0.2, 0.25) is 0 Å². The lowest BCUT2D eigenvalue weighted by Crippen LogP contribution is -2.13. The van der Waals surface area contributed by atoms with E-state index in [1.54, 1.807) is 6.92 Å². The number of hydrogen-bond donors (Lipinski definition) is 2. The number of aliphatic imine (C=N–C) groups is 1. The summed E-state index contributed by atoms with van der Waals surface area (Å²) >= 11 is 0. The highest BCUT2D eigenvalue weighted by Crippen LogP contribution is 1.95. The van der Waals surface area contributed by atoms with Gasteiger partial charge in [0, 0.05) is 0 Å². The summed E-state index contributed by atoms with van der Waals surface area (Å²) in [5.41, 5.74) is 2.62. The van der Waals surface area contributed by atoms with Gasteiger partial charge >= 0.3 is 0 Å². The molecule has 0 spiro atoms. The Balaban J connectivity index is 0.000000227. The molecule has 7 nitrogen and oxygen atoms in total. The zero-order chi connectivity index (χ0) is 9.68. The Morgan fingerprint density at radius 1 is 1.36 bits per heavy atom. The maximum absolute atomic E-state index is 4.81. The van der Waals surface area contributed by atoms with Gasteiger partial charge in [0.25, 0.3) is 0 Å². The van der Waals surface area contributed by atoms with Crippen molar-refractivity contribution in [3.8, 4) is 0 Å². The smallest absolute Gasteiger partial charge is 0.174 e. The van der Waals surface area contributed by atoms with Crippen LogP contribution in [0.3, 0.4) is 0 Å². The number of nitrogens with one attached hydrogen (secondary N) is 2. The van der Waals surface area contributed by atoms with E-state index >= 15 is 0 Å². The second kappa shape index (κ2) is 6.03. The second-order valence-corrected chi connectivity index (χ2v) is 2.49. The van der Waals surface area contributed by atoms with Gasteiger partial charge in [0.15, 0.2) is 12.1 Å². The lowest BCUT2D eigenvalue weighted by Gasteiger charge is -1.93. The molecule has 2 N–H and O–H groups in total. The third-order valence-electron chi connectivity index (χ3n) is 1.20. The Labute approximate surface area is 82.9 Å². The molecule has 1 aliphatic heterocycles. The molecule has 1 aliphatic rings. The van der Waals surface area contributed by atoms with Crippen LogP contribution >= 0.6 is 0 Å². The van der Waals surface area contributed by atoms with Crippen LogP contribution in [0.4, 0.5) is 0 Å². The topological polar surface area (TPSA) is 88.1 Å². The zero-order valence-corrected chi connectivity index (χ0v) is 7.77. The van der Waals surface area contributed by atoms with E-state index in [-0.39, 0.29) is 13.7 Å². The third kappa shape index (κ3) is 4.51. The fourth-order valence-electron chi connectivity index (χ4n) is 0.708. The van der Waals surface area contributed by atoms with Crippen molar-refractivity contribution in [2.45, 2.75) is 34.4 Å². The summed E-state index contributed by atoms with van der Waals surface area (Å²) in [5, 5.41) is 12.7. The highest BCUT2D eigenvalue weighted by Gasteiger charge is 2.06. The minimum Gasteiger partial charge on any atom is -0.251 e. The maximum atomic E-state index is 4.81. The summed E-state index contributed by atoms with van der Waals surface area (Å²) in [6.07, 6.45) is -0.000000000000000222. The van der Waals surface area contributed by atoms with Crippen LogP contribution < -0.4 is 5.48 Å². The molecule has 2 rings (SSSR count). The molecule has 0 saturated carbocycles. The van der Waals surface area contributed by atoms with Crippen molar-refractivity contribution < 1.29 is 4.84 Å². The number of amidine groups is 1. The molecule has 14 heavy (non-hydrogen) atoms. The number of nitrogens with zero attached hydrogens (tertiary/aromatic N) is 4. The average Bonchev–Trinajstić information content (AvgIpc) is 2.64. The molecule has 1 unspecified atom stereocenters. The molecule has 2 heterocycles. The van der Waals surface area contributed by atoms with Crippen LogP contribution in [0.5, 0.6) is 0 Å². The Morgan fingerprint density at radius 2 is 2.07 bits per heavy atom. The van der Waals surface area contributed by atoms with Crippen LogP contribution in [-0.2, 0) is 4.84 Å². The lowest BCUT2D eigenvalue weighted by molar-refractivity contribution is 0.0501. The van der Waals surface area contributed by atoms with Crippen LogP contribution in [0.2, 0.25) is 0 Å². The Bertz CT molecular complexity index is 270. The molecule has 0 amide bonds. The van der Waals surface area contributed by atoms with Gasteiger partial charge < -0.3 is 0 Å². The Morgan fingerprint density at radius 3 is 2.21 bits per heavy atom. The first-order valence-electron chi connectivity index (χ1n) is 3.84. The van der Waals surface area contributed by atoms with E-state index < -0.39 is 0 Å². The second-order valence-electron chi connectivity index (χ2n) is 2.49. The van der Waals surface area contributed by atoms with Crippen molar-refractivity contribution in [1.29, 1.82) is 0 Å². The number of aryl methyl sites for hydroxylation is 1. The van der Waals surface area contributed by atoms with Gasteiger partial charge in [-0.3, -0.25) is 5.48 Å². The van der Waals surface area contributed by atoms with E-state index in [4.69, 9.17) is 4.84 Å². The molecule has 0 saturated heterocycles. The average molecular weight is 200 g/mol. The number of aromatic amines is 1. The first-order chi connectivity index (χ1) is 6.18.